The van der Waals surface area contributed by atoms with Crippen LogP contribution in [0.5, 0.6) is 0 Å². The van der Waals surface area contributed by atoms with Crippen molar-refractivity contribution in [1.82, 2.24) is 4.31 Å². The molecule has 0 N–H and O–H groups in total. The number of unbranched alkanes of at least 4 members (excludes halogenated alkanes) is 4. The van der Waals surface area contributed by atoms with E-state index in [2.05, 4.69) is 12.1 Å². The molecule has 0 aliphatic rings. The first-order valence-corrected chi connectivity index (χ1v) is 8.41. The summed E-state index contributed by atoms with van der Waals surface area (Å²) >= 11 is 0. The van der Waals surface area contributed by atoms with Crippen molar-refractivity contribution in [3.05, 3.63) is 0 Å². The van der Waals surface area contributed by atoms with Crippen molar-refractivity contribution in [3.63, 3.8) is 0 Å². The standard InChI is InChI=1S/C13H23N3O2S/c1-2-13-19(17,18)16(11-7-3-5-9-14)12-8-4-6-10-15/h2-8,11-13H2,1H3. The third-order valence-corrected chi connectivity index (χ3v) is 4.82. The molecule has 0 aromatic heterocycles. The molecule has 0 heterocycles. The lowest BCUT2D eigenvalue weighted by atomic mass is 10.2. The quantitative estimate of drug-likeness (QED) is 0.546. The van der Waals surface area contributed by atoms with E-state index in [9.17, 15) is 8.42 Å². The molecule has 0 radical (unpaired) electrons. The van der Waals surface area contributed by atoms with Gasteiger partial charge in [-0.15, -0.1) is 0 Å². The summed E-state index contributed by atoms with van der Waals surface area (Å²) in [6.07, 6.45) is 4.44. The second-order valence-corrected chi connectivity index (χ2v) is 6.53. The van der Waals surface area contributed by atoms with Gasteiger partial charge in [-0.2, -0.15) is 10.5 Å². The SMILES string of the molecule is CCCS(=O)(=O)N(CCCCC#N)CCCCC#N. The van der Waals surface area contributed by atoms with Gasteiger partial charge in [-0.25, -0.2) is 12.7 Å². The summed E-state index contributed by atoms with van der Waals surface area (Å²) in [7, 11) is -3.18. The van der Waals surface area contributed by atoms with Crippen molar-refractivity contribution in [2.24, 2.45) is 0 Å². The van der Waals surface area contributed by atoms with Crippen molar-refractivity contribution in [2.75, 3.05) is 18.8 Å². The molecule has 108 valence electrons. The van der Waals surface area contributed by atoms with Crippen LogP contribution in [0.3, 0.4) is 0 Å². The normalized spacial score (nSPS) is 11.2. The number of sulfonamides is 1. The molecule has 0 rings (SSSR count). The highest BCUT2D eigenvalue weighted by Crippen LogP contribution is 2.09. The lowest BCUT2D eigenvalue weighted by Gasteiger charge is -2.21. The first-order valence-electron chi connectivity index (χ1n) is 6.80. The molecule has 0 spiro atoms. The van der Waals surface area contributed by atoms with Gasteiger partial charge in [-0.3, -0.25) is 0 Å². The molecular formula is C13H23N3O2S. The third kappa shape index (κ3) is 8.58. The van der Waals surface area contributed by atoms with E-state index in [1.807, 2.05) is 6.92 Å². The third-order valence-electron chi connectivity index (χ3n) is 2.75. The largest absolute Gasteiger partial charge is 0.214 e. The lowest BCUT2D eigenvalue weighted by molar-refractivity contribution is 0.391. The molecule has 0 amide bonds. The average molecular weight is 285 g/mol. The molecule has 0 saturated carbocycles. The molecule has 0 aromatic carbocycles. The molecule has 0 aliphatic carbocycles. The maximum Gasteiger partial charge on any atom is 0.214 e. The van der Waals surface area contributed by atoms with E-state index in [-0.39, 0.29) is 5.75 Å². The van der Waals surface area contributed by atoms with E-state index in [4.69, 9.17) is 10.5 Å². The predicted molar refractivity (Wildman–Crippen MR) is 74.6 cm³/mol. The minimum Gasteiger partial charge on any atom is -0.212 e. The number of rotatable bonds is 11. The van der Waals surface area contributed by atoms with Crippen LogP contribution in [0.25, 0.3) is 0 Å². The van der Waals surface area contributed by atoms with Gasteiger partial charge in [-0.05, 0) is 32.1 Å². The zero-order chi connectivity index (χ0) is 14.6. The number of nitriles is 2. The fourth-order valence-electron chi connectivity index (χ4n) is 1.76. The Labute approximate surface area is 116 Å². The first-order chi connectivity index (χ1) is 9.08. The van der Waals surface area contributed by atoms with Gasteiger partial charge in [0.15, 0.2) is 0 Å². The second kappa shape index (κ2) is 10.8. The van der Waals surface area contributed by atoms with E-state index in [1.54, 1.807) is 0 Å². The van der Waals surface area contributed by atoms with Gasteiger partial charge >= 0.3 is 0 Å². The van der Waals surface area contributed by atoms with E-state index in [0.717, 1.165) is 25.7 Å². The summed E-state index contributed by atoms with van der Waals surface area (Å²) in [6, 6.07) is 4.12. The van der Waals surface area contributed by atoms with Crippen LogP contribution in [-0.2, 0) is 10.0 Å². The molecule has 5 nitrogen and oxygen atoms in total. The molecule has 0 aliphatic heterocycles. The molecule has 0 fully saturated rings. The van der Waals surface area contributed by atoms with E-state index >= 15 is 0 Å². The maximum absolute atomic E-state index is 12.1. The van der Waals surface area contributed by atoms with Crippen LogP contribution in [0.4, 0.5) is 0 Å². The molecule has 0 bridgehead atoms. The van der Waals surface area contributed by atoms with Crippen molar-refractivity contribution < 1.29 is 8.42 Å². The second-order valence-electron chi connectivity index (χ2n) is 4.45. The maximum atomic E-state index is 12.1. The summed E-state index contributed by atoms with van der Waals surface area (Å²) in [6.45, 7) is 2.81. The van der Waals surface area contributed by atoms with Crippen LogP contribution in [0, 0.1) is 22.7 Å². The molecule has 0 aromatic rings. The van der Waals surface area contributed by atoms with Gasteiger partial charge in [0.05, 0.1) is 17.9 Å². The molecule has 0 unspecified atom stereocenters. The van der Waals surface area contributed by atoms with Crippen LogP contribution in [-0.4, -0.2) is 31.6 Å². The van der Waals surface area contributed by atoms with Crippen molar-refractivity contribution in [1.29, 1.82) is 10.5 Å². The average Bonchev–Trinajstić information content (AvgIpc) is 2.36. The van der Waals surface area contributed by atoms with Crippen LogP contribution < -0.4 is 0 Å². The summed E-state index contributed by atoms with van der Waals surface area (Å²) in [5.74, 6) is 0.170. The molecule has 0 saturated heterocycles. The molecule has 19 heavy (non-hydrogen) atoms. The zero-order valence-corrected chi connectivity index (χ0v) is 12.5. The Hall–Kier alpha value is -1.11. The van der Waals surface area contributed by atoms with Crippen LogP contribution in [0.2, 0.25) is 0 Å². The van der Waals surface area contributed by atoms with E-state index in [0.29, 0.717) is 32.4 Å². The van der Waals surface area contributed by atoms with E-state index in [1.165, 1.54) is 4.31 Å². The number of hydrogen-bond donors (Lipinski definition) is 0. The van der Waals surface area contributed by atoms with Gasteiger partial charge in [-0.1, -0.05) is 6.92 Å². The van der Waals surface area contributed by atoms with Gasteiger partial charge in [0, 0.05) is 25.9 Å². The Balaban J connectivity index is 4.31. The number of hydrogen-bond acceptors (Lipinski definition) is 4. The van der Waals surface area contributed by atoms with Crippen LogP contribution in [0.1, 0.15) is 51.9 Å². The Morgan fingerprint density at radius 3 is 1.79 bits per heavy atom. The fraction of sp³-hybridized carbons (Fsp3) is 0.846. The zero-order valence-electron chi connectivity index (χ0n) is 11.6. The highest BCUT2D eigenvalue weighted by atomic mass is 32.2. The van der Waals surface area contributed by atoms with Gasteiger partial charge < -0.3 is 0 Å². The Morgan fingerprint density at radius 1 is 0.947 bits per heavy atom. The smallest absolute Gasteiger partial charge is 0.212 e. The van der Waals surface area contributed by atoms with E-state index < -0.39 is 10.0 Å². The molecule has 0 atom stereocenters. The van der Waals surface area contributed by atoms with Gasteiger partial charge in [0.25, 0.3) is 0 Å². The topological polar surface area (TPSA) is 85.0 Å². The Kier molecular flexibility index (Phi) is 10.1. The lowest BCUT2D eigenvalue weighted by Crippen LogP contribution is -2.34. The fourth-order valence-corrected chi connectivity index (χ4v) is 3.35. The monoisotopic (exact) mass is 285 g/mol. The predicted octanol–water partition coefficient (Wildman–Crippen LogP) is 2.42. The van der Waals surface area contributed by atoms with Gasteiger partial charge in [0.1, 0.15) is 0 Å². The highest BCUT2D eigenvalue weighted by Gasteiger charge is 2.19. The minimum absolute atomic E-state index is 0.170. The van der Waals surface area contributed by atoms with Crippen molar-refractivity contribution in [3.8, 4) is 12.1 Å². The van der Waals surface area contributed by atoms with Crippen LogP contribution in [0.15, 0.2) is 0 Å². The van der Waals surface area contributed by atoms with Gasteiger partial charge in [0.2, 0.25) is 10.0 Å². The van der Waals surface area contributed by atoms with Crippen molar-refractivity contribution >= 4 is 10.0 Å². The first kappa shape index (κ1) is 17.9. The summed E-state index contributed by atoms with van der Waals surface area (Å²) < 4.78 is 25.6. The molecule has 6 heteroatoms. The van der Waals surface area contributed by atoms with Crippen LogP contribution >= 0.6 is 0 Å². The summed E-state index contributed by atoms with van der Waals surface area (Å²) in [4.78, 5) is 0. The summed E-state index contributed by atoms with van der Waals surface area (Å²) in [5, 5.41) is 16.9. The highest BCUT2D eigenvalue weighted by molar-refractivity contribution is 7.89. The Bertz CT molecular complexity index is 385. The molecular weight excluding hydrogens is 262 g/mol. The number of nitrogens with zero attached hydrogens (tertiary/aromatic N) is 3. The Morgan fingerprint density at radius 2 is 1.42 bits per heavy atom. The summed E-state index contributed by atoms with van der Waals surface area (Å²) in [5.41, 5.74) is 0. The van der Waals surface area contributed by atoms with Crippen molar-refractivity contribution in [2.45, 2.75) is 51.9 Å². The minimum atomic E-state index is -3.18.